The molecule has 0 bridgehead atoms. The van der Waals surface area contributed by atoms with E-state index in [1.165, 1.54) is 11.1 Å². The first kappa shape index (κ1) is 12.6. The second-order valence-electron chi connectivity index (χ2n) is 3.42. The van der Waals surface area contributed by atoms with Gasteiger partial charge in [0, 0.05) is 26.0 Å². The molecule has 0 unspecified atom stereocenters. The molecule has 0 heterocycles. The van der Waals surface area contributed by atoms with Gasteiger partial charge in [0.15, 0.2) is 0 Å². The Morgan fingerprint density at radius 1 is 1.20 bits per heavy atom. The Kier molecular flexibility index (Phi) is 6.48. The first-order valence-electron chi connectivity index (χ1n) is 5.21. The van der Waals surface area contributed by atoms with Crippen LogP contribution in [0.25, 0.3) is 0 Å². The van der Waals surface area contributed by atoms with E-state index in [1.807, 2.05) is 11.8 Å². The van der Waals surface area contributed by atoms with Crippen LogP contribution in [0.15, 0.2) is 24.3 Å². The summed E-state index contributed by atoms with van der Waals surface area (Å²) in [6, 6.07) is 8.52. The molecule has 0 saturated carbocycles. The van der Waals surface area contributed by atoms with Crippen molar-refractivity contribution in [2.75, 3.05) is 19.5 Å². The average molecular weight is 225 g/mol. The van der Waals surface area contributed by atoms with Gasteiger partial charge in [-0.25, -0.2) is 0 Å². The second kappa shape index (κ2) is 7.74. The van der Waals surface area contributed by atoms with Gasteiger partial charge < -0.3 is 10.5 Å². The summed E-state index contributed by atoms with van der Waals surface area (Å²) in [5.41, 5.74) is 8.10. The standard InChI is InChI=1S/C12H19NOS/c1-14-7-2-8-15-10-12-5-3-11(9-13)4-6-12/h3-6H,2,7-10,13H2,1H3. The van der Waals surface area contributed by atoms with Crippen LogP contribution in [0.2, 0.25) is 0 Å². The molecule has 0 aliphatic rings. The van der Waals surface area contributed by atoms with Gasteiger partial charge in [0.25, 0.3) is 0 Å². The number of hydrogen-bond acceptors (Lipinski definition) is 3. The molecule has 0 aromatic heterocycles. The number of benzene rings is 1. The van der Waals surface area contributed by atoms with Crippen molar-refractivity contribution in [1.82, 2.24) is 0 Å². The van der Waals surface area contributed by atoms with E-state index in [0.29, 0.717) is 6.54 Å². The summed E-state index contributed by atoms with van der Waals surface area (Å²) in [7, 11) is 1.75. The maximum Gasteiger partial charge on any atom is 0.0470 e. The van der Waals surface area contributed by atoms with E-state index in [4.69, 9.17) is 10.5 Å². The number of rotatable bonds is 7. The number of thioether (sulfide) groups is 1. The molecular weight excluding hydrogens is 206 g/mol. The van der Waals surface area contributed by atoms with Crippen molar-refractivity contribution in [3.63, 3.8) is 0 Å². The minimum absolute atomic E-state index is 0.626. The first-order valence-corrected chi connectivity index (χ1v) is 6.37. The lowest BCUT2D eigenvalue weighted by Gasteiger charge is -2.03. The van der Waals surface area contributed by atoms with E-state index in [1.54, 1.807) is 7.11 Å². The molecule has 0 amide bonds. The van der Waals surface area contributed by atoms with Crippen molar-refractivity contribution in [2.24, 2.45) is 5.73 Å². The minimum atomic E-state index is 0.626. The molecule has 0 aliphatic carbocycles. The molecule has 1 aromatic carbocycles. The van der Waals surface area contributed by atoms with Gasteiger partial charge >= 0.3 is 0 Å². The van der Waals surface area contributed by atoms with Crippen molar-refractivity contribution < 1.29 is 4.74 Å². The molecule has 2 nitrogen and oxygen atoms in total. The summed E-state index contributed by atoms with van der Waals surface area (Å²) >= 11 is 1.95. The van der Waals surface area contributed by atoms with Crippen LogP contribution in [0, 0.1) is 0 Å². The fourth-order valence-electron chi connectivity index (χ4n) is 1.27. The zero-order valence-corrected chi connectivity index (χ0v) is 10.1. The summed E-state index contributed by atoms with van der Waals surface area (Å²) < 4.78 is 5.00. The first-order chi connectivity index (χ1) is 7.36. The van der Waals surface area contributed by atoms with Gasteiger partial charge in [0.1, 0.15) is 0 Å². The van der Waals surface area contributed by atoms with Crippen molar-refractivity contribution in [3.8, 4) is 0 Å². The lowest BCUT2D eigenvalue weighted by atomic mass is 10.1. The Morgan fingerprint density at radius 2 is 1.87 bits per heavy atom. The van der Waals surface area contributed by atoms with Crippen LogP contribution in [0.3, 0.4) is 0 Å². The molecule has 0 fully saturated rings. The lowest BCUT2D eigenvalue weighted by Crippen LogP contribution is -1.96. The monoisotopic (exact) mass is 225 g/mol. The molecule has 0 saturated heterocycles. The molecular formula is C12H19NOS. The SMILES string of the molecule is COCCCSCc1ccc(CN)cc1. The van der Waals surface area contributed by atoms with Gasteiger partial charge in [0.05, 0.1) is 0 Å². The van der Waals surface area contributed by atoms with Crippen molar-refractivity contribution in [1.29, 1.82) is 0 Å². The predicted molar refractivity (Wildman–Crippen MR) is 67.0 cm³/mol. The maximum absolute atomic E-state index is 5.54. The minimum Gasteiger partial charge on any atom is -0.385 e. The molecule has 84 valence electrons. The number of ether oxygens (including phenoxy) is 1. The molecule has 0 radical (unpaired) electrons. The van der Waals surface area contributed by atoms with Crippen LogP contribution < -0.4 is 5.73 Å². The smallest absolute Gasteiger partial charge is 0.0470 e. The van der Waals surface area contributed by atoms with E-state index < -0.39 is 0 Å². The summed E-state index contributed by atoms with van der Waals surface area (Å²) in [5, 5.41) is 0. The van der Waals surface area contributed by atoms with Crippen molar-refractivity contribution >= 4 is 11.8 Å². The Morgan fingerprint density at radius 3 is 2.47 bits per heavy atom. The van der Waals surface area contributed by atoms with E-state index in [2.05, 4.69) is 24.3 Å². The van der Waals surface area contributed by atoms with Gasteiger partial charge in [-0.2, -0.15) is 11.8 Å². The Balaban J connectivity index is 2.20. The zero-order chi connectivity index (χ0) is 10.9. The third-order valence-corrected chi connectivity index (χ3v) is 3.28. The van der Waals surface area contributed by atoms with Crippen LogP contribution in [-0.4, -0.2) is 19.5 Å². The third kappa shape index (κ3) is 5.21. The molecule has 0 spiro atoms. The normalized spacial score (nSPS) is 10.5. The number of methoxy groups -OCH3 is 1. The predicted octanol–water partition coefficient (Wildman–Crippen LogP) is 2.42. The highest BCUT2D eigenvalue weighted by atomic mass is 32.2. The Hall–Kier alpha value is -0.510. The van der Waals surface area contributed by atoms with Crippen molar-refractivity contribution in [2.45, 2.75) is 18.7 Å². The third-order valence-electron chi connectivity index (χ3n) is 2.16. The van der Waals surface area contributed by atoms with Gasteiger partial charge in [-0.1, -0.05) is 24.3 Å². The molecule has 0 aliphatic heterocycles. The zero-order valence-electron chi connectivity index (χ0n) is 9.24. The Bertz CT molecular complexity index is 261. The van der Waals surface area contributed by atoms with E-state index in [-0.39, 0.29) is 0 Å². The summed E-state index contributed by atoms with van der Waals surface area (Å²) in [5.74, 6) is 2.24. The average Bonchev–Trinajstić information content (AvgIpc) is 2.30. The highest BCUT2D eigenvalue weighted by Gasteiger charge is 1.94. The molecule has 15 heavy (non-hydrogen) atoms. The van der Waals surface area contributed by atoms with Gasteiger partial charge in [-0.05, 0) is 23.3 Å². The molecule has 0 atom stereocenters. The highest BCUT2D eigenvalue weighted by Crippen LogP contribution is 2.13. The highest BCUT2D eigenvalue weighted by molar-refractivity contribution is 7.98. The van der Waals surface area contributed by atoms with E-state index in [0.717, 1.165) is 24.5 Å². The molecule has 3 heteroatoms. The van der Waals surface area contributed by atoms with Crippen LogP contribution in [0.4, 0.5) is 0 Å². The maximum atomic E-state index is 5.54. The van der Waals surface area contributed by atoms with Gasteiger partial charge in [-0.3, -0.25) is 0 Å². The van der Waals surface area contributed by atoms with Crippen LogP contribution in [0.1, 0.15) is 17.5 Å². The molecule has 1 aromatic rings. The molecule has 1 rings (SSSR count). The summed E-state index contributed by atoms with van der Waals surface area (Å²) in [6.45, 7) is 1.49. The fourth-order valence-corrected chi connectivity index (χ4v) is 2.16. The lowest BCUT2D eigenvalue weighted by molar-refractivity contribution is 0.200. The largest absolute Gasteiger partial charge is 0.385 e. The van der Waals surface area contributed by atoms with Crippen LogP contribution in [0.5, 0.6) is 0 Å². The van der Waals surface area contributed by atoms with E-state index >= 15 is 0 Å². The topological polar surface area (TPSA) is 35.2 Å². The van der Waals surface area contributed by atoms with E-state index in [9.17, 15) is 0 Å². The molecule has 2 N–H and O–H groups in total. The fraction of sp³-hybridized carbons (Fsp3) is 0.500. The van der Waals surface area contributed by atoms with Crippen LogP contribution >= 0.6 is 11.8 Å². The van der Waals surface area contributed by atoms with Crippen LogP contribution in [-0.2, 0) is 17.0 Å². The quantitative estimate of drug-likeness (QED) is 0.724. The summed E-state index contributed by atoms with van der Waals surface area (Å²) in [6.07, 6.45) is 1.13. The summed E-state index contributed by atoms with van der Waals surface area (Å²) in [4.78, 5) is 0. The number of hydrogen-bond donors (Lipinski definition) is 1. The number of nitrogens with two attached hydrogens (primary N) is 1. The van der Waals surface area contributed by atoms with Gasteiger partial charge in [0.2, 0.25) is 0 Å². The second-order valence-corrected chi connectivity index (χ2v) is 4.52. The van der Waals surface area contributed by atoms with Crippen molar-refractivity contribution in [3.05, 3.63) is 35.4 Å². The van der Waals surface area contributed by atoms with Gasteiger partial charge in [-0.15, -0.1) is 0 Å². The Labute approximate surface area is 96.2 Å².